The van der Waals surface area contributed by atoms with Gasteiger partial charge in [0.2, 0.25) is 0 Å². The molecular formula is C6H14KNO5P. The van der Waals surface area contributed by atoms with Gasteiger partial charge in [-0.1, -0.05) is 6.92 Å². The summed E-state index contributed by atoms with van der Waals surface area (Å²) in [5, 5.41) is 2.30. The topological polar surface area (TPSA) is 95.9 Å². The predicted octanol–water partition coefficient (Wildman–Crippen LogP) is -0.716. The number of ether oxygens (including phenoxy) is 1. The normalized spacial score (nSPS) is 10.5. The molecule has 0 aromatic rings. The molecule has 0 amide bonds. The second kappa shape index (κ2) is 9.44. The molecule has 8 heteroatoms. The molecule has 3 N–H and O–H groups in total. The molecule has 0 atom stereocenters. The SMILES string of the molecule is CCCOC(=O)CNCP(=O)(O)O.[K]. The van der Waals surface area contributed by atoms with Gasteiger partial charge in [0.1, 0.15) is 0 Å². The smallest absolute Gasteiger partial charge is 0.339 e. The number of hydrogen-bond donors (Lipinski definition) is 3. The molecular weight excluding hydrogens is 236 g/mol. The standard InChI is InChI=1S/C6H14NO5P.K/c1-2-3-12-6(8)4-7-5-13(9,10)11;/h7H,2-5H2,1H3,(H2,9,10,11);. The first kappa shape index (κ1) is 17.6. The molecule has 0 spiro atoms. The summed E-state index contributed by atoms with van der Waals surface area (Å²) < 4.78 is 15.0. The molecule has 0 aromatic carbocycles. The molecule has 0 aliphatic carbocycles. The van der Waals surface area contributed by atoms with Crippen LogP contribution < -0.4 is 5.32 Å². The van der Waals surface area contributed by atoms with Gasteiger partial charge in [0, 0.05) is 51.4 Å². The number of nitrogens with one attached hydrogen (secondary N) is 1. The largest absolute Gasteiger partial charge is 0.465 e. The Balaban J connectivity index is 0. The maximum Gasteiger partial charge on any atom is 0.339 e. The van der Waals surface area contributed by atoms with Crippen molar-refractivity contribution in [3.05, 3.63) is 0 Å². The van der Waals surface area contributed by atoms with E-state index in [1.807, 2.05) is 6.92 Å². The molecule has 0 aliphatic rings. The van der Waals surface area contributed by atoms with Crippen LogP contribution in [0, 0.1) is 0 Å². The van der Waals surface area contributed by atoms with Gasteiger partial charge in [0.05, 0.1) is 19.4 Å². The molecule has 79 valence electrons. The monoisotopic (exact) mass is 250 g/mol. The number of carbonyl (C=O) groups excluding carboxylic acids is 1. The Hall–Kier alpha value is 1.22. The molecule has 0 saturated carbocycles. The third-order valence-corrected chi connectivity index (χ3v) is 1.69. The van der Waals surface area contributed by atoms with Crippen molar-refractivity contribution in [2.45, 2.75) is 13.3 Å². The van der Waals surface area contributed by atoms with Crippen LogP contribution in [0.5, 0.6) is 0 Å². The zero-order chi connectivity index (χ0) is 10.3. The Kier molecular flexibility index (Phi) is 11.9. The molecule has 0 heterocycles. The average Bonchev–Trinajstić information content (AvgIpc) is 1.98. The molecule has 0 fully saturated rings. The van der Waals surface area contributed by atoms with Crippen LogP contribution in [0.25, 0.3) is 0 Å². The number of hydrogen-bond acceptors (Lipinski definition) is 4. The van der Waals surface area contributed by atoms with Crippen LogP contribution in [0.3, 0.4) is 0 Å². The Morgan fingerprint density at radius 2 is 2.07 bits per heavy atom. The van der Waals surface area contributed by atoms with Crippen LogP contribution in [0.15, 0.2) is 0 Å². The first-order valence-corrected chi connectivity index (χ1v) is 5.66. The van der Waals surface area contributed by atoms with Gasteiger partial charge in [0.15, 0.2) is 0 Å². The molecule has 0 aliphatic heterocycles. The first-order chi connectivity index (χ1) is 5.95. The minimum absolute atomic E-state index is 0. The van der Waals surface area contributed by atoms with E-state index in [9.17, 15) is 9.36 Å². The second-order valence-electron chi connectivity index (χ2n) is 2.47. The molecule has 0 unspecified atom stereocenters. The van der Waals surface area contributed by atoms with Crippen molar-refractivity contribution in [1.82, 2.24) is 5.32 Å². The average molecular weight is 250 g/mol. The summed E-state index contributed by atoms with van der Waals surface area (Å²) in [6.07, 6.45) is 0.221. The van der Waals surface area contributed by atoms with Gasteiger partial charge >= 0.3 is 13.6 Å². The van der Waals surface area contributed by atoms with Gasteiger partial charge in [-0.25, -0.2) is 0 Å². The van der Waals surface area contributed by atoms with Crippen molar-refractivity contribution in [3.8, 4) is 0 Å². The predicted molar refractivity (Wildman–Crippen MR) is 51.9 cm³/mol. The van der Waals surface area contributed by atoms with Crippen molar-refractivity contribution in [2.75, 3.05) is 19.4 Å². The van der Waals surface area contributed by atoms with E-state index in [0.717, 1.165) is 6.42 Å². The summed E-state index contributed by atoms with van der Waals surface area (Å²) >= 11 is 0. The molecule has 14 heavy (non-hydrogen) atoms. The molecule has 0 saturated heterocycles. The molecule has 0 aromatic heterocycles. The Morgan fingerprint density at radius 1 is 1.50 bits per heavy atom. The van der Waals surface area contributed by atoms with Crippen molar-refractivity contribution in [2.24, 2.45) is 0 Å². The van der Waals surface area contributed by atoms with E-state index >= 15 is 0 Å². The Bertz CT molecular complexity index is 206. The van der Waals surface area contributed by atoms with Crippen LogP contribution >= 0.6 is 7.60 Å². The van der Waals surface area contributed by atoms with Crippen molar-refractivity contribution < 1.29 is 23.9 Å². The second-order valence-corrected chi connectivity index (χ2v) is 4.12. The number of esters is 1. The van der Waals surface area contributed by atoms with Gasteiger partial charge in [-0.3, -0.25) is 14.7 Å². The van der Waals surface area contributed by atoms with Gasteiger partial charge in [0.25, 0.3) is 0 Å². The fraction of sp³-hybridized carbons (Fsp3) is 0.833. The van der Waals surface area contributed by atoms with Gasteiger partial charge in [-0.15, -0.1) is 0 Å². The summed E-state index contributed by atoms with van der Waals surface area (Å²) in [6, 6.07) is 0. The van der Waals surface area contributed by atoms with Crippen molar-refractivity contribution >= 4 is 64.9 Å². The van der Waals surface area contributed by atoms with Crippen LogP contribution in [-0.2, 0) is 14.1 Å². The number of rotatable bonds is 6. The van der Waals surface area contributed by atoms with E-state index in [1.165, 1.54) is 0 Å². The summed E-state index contributed by atoms with van der Waals surface area (Å²) in [7, 11) is -4.07. The van der Waals surface area contributed by atoms with E-state index in [4.69, 9.17) is 9.79 Å². The van der Waals surface area contributed by atoms with Crippen LogP contribution in [0.1, 0.15) is 13.3 Å². The minimum Gasteiger partial charge on any atom is -0.465 e. The maximum absolute atomic E-state index is 10.8. The van der Waals surface area contributed by atoms with Gasteiger partial charge in [-0.2, -0.15) is 0 Å². The van der Waals surface area contributed by atoms with E-state index < -0.39 is 19.9 Å². The first-order valence-electron chi connectivity index (χ1n) is 3.86. The maximum atomic E-state index is 10.8. The Morgan fingerprint density at radius 3 is 2.50 bits per heavy atom. The van der Waals surface area contributed by atoms with E-state index in [2.05, 4.69) is 10.1 Å². The summed E-state index contributed by atoms with van der Waals surface area (Å²) in [5.41, 5.74) is 0. The van der Waals surface area contributed by atoms with E-state index in [1.54, 1.807) is 0 Å². The van der Waals surface area contributed by atoms with E-state index in [0.29, 0.717) is 6.61 Å². The van der Waals surface area contributed by atoms with E-state index in [-0.39, 0.29) is 57.9 Å². The third-order valence-electron chi connectivity index (χ3n) is 1.05. The number of carbonyl (C=O) groups is 1. The van der Waals surface area contributed by atoms with Crippen LogP contribution in [0.2, 0.25) is 0 Å². The summed E-state index contributed by atoms with van der Waals surface area (Å²) in [5.74, 6) is -0.504. The fourth-order valence-corrected chi connectivity index (χ4v) is 0.974. The van der Waals surface area contributed by atoms with Gasteiger partial charge in [-0.05, 0) is 6.42 Å². The Labute approximate surface area is 125 Å². The zero-order valence-electron chi connectivity index (χ0n) is 8.39. The fourth-order valence-electron chi connectivity index (χ4n) is 0.571. The summed E-state index contributed by atoms with van der Waals surface area (Å²) in [6.45, 7) is 2.01. The summed E-state index contributed by atoms with van der Waals surface area (Å²) in [4.78, 5) is 27.6. The van der Waals surface area contributed by atoms with Crippen molar-refractivity contribution in [1.29, 1.82) is 0 Å². The van der Waals surface area contributed by atoms with Crippen molar-refractivity contribution in [3.63, 3.8) is 0 Å². The molecule has 0 rings (SSSR count). The van der Waals surface area contributed by atoms with Crippen LogP contribution in [0.4, 0.5) is 0 Å². The molecule has 0 bridgehead atoms. The van der Waals surface area contributed by atoms with Gasteiger partial charge < -0.3 is 14.5 Å². The molecule has 6 nitrogen and oxygen atoms in total. The van der Waals surface area contributed by atoms with Crippen LogP contribution in [-0.4, -0.2) is 86.6 Å². The molecule has 1 radical (unpaired) electrons. The quantitative estimate of drug-likeness (QED) is 0.327. The third kappa shape index (κ3) is 13.2. The minimum atomic E-state index is -4.07. The zero-order valence-corrected chi connectivity index (χ0v) is 12.4.